The Kier molecular flexibility index (Phi) is 6.18. The normalized spacial score (nSPS) is 47.6. The van der Waals surface area contributed by atoms with E-state index in [-0.39, 0.29) is 0 Å². The van der Waals surface area contributed by atoms with Gasteiger partial charge in [-0.2, -0.15) is 12.6 Å². The molecule has 0 N–H and O–H groups in total. The van der Waals surface area contributed by atoms with E-state index in [4.69, 9.17) is 12.6 Å². The number of fused-ring (bicyclic) bond motifs is 2. The average Bonchev–Trinajstić information content (AvgIpc) is 2.80. The molecule has 1 heteroatoms. The molecule has 0 amide bonds. The first kappa shape index (κ1) is 17.7. The highest BCUT2D eigenvalue weighted by atomic mass is 32.1. The zero-order chi connectivity index (χ0) is 16.4. The minimum Gasteiger partial charge on any atom is -0.176 e. The topological polar surface area (TPSA) is 0 Å². The second kappa shape index (κ2) is 8.36. The molecule has 6 saturated carbocycles. The van der Waals surface area contributed by atoms with E-state index >= 15 is 0 Å². The Labute approximate surface area is 156 Å². The minimum atomic E-state index is 0.706. The maximum absolute atomic E-state index is 5.04. The first-order valence-corrected chi connectivity index (χ1v) is 12.0. The van der Waals surface area contributed by atoms with Crippen molar-refractivity contribution >= 4 is 12.6 Å². The summed E-state index contributed by atoms with van der Waals surface area (Å²) in [6.45, 7) is 0. The lowest BCUT2D eigenvalue weighted by molar-refractivity contribution is 0.117. The molecule has 3 atom stereocenters. The van der Waals surface area contributed by atoms with Crippen molar-refractivity contribution in [1.29, 1.82) is 0 Å². The van der Waals surface area contributed by atoms with Crippen molar-refractivity contribution in [2.75, 3.05) is 0 Å². The average molecular weight is 349 g/mol. The Balaban J connectivity index is 1.44. The van der Waals surface area contributed by atoms with Crippen molar-refractivity contribution in [3.05, 3.63) is 0 Å². The maximum Gasteiger partial charge on any atom is 0.00451 e. The van der Waals surface area contributed by atoms with Crippen LogP contribution in [0.1, 0.15) is 103 Å². The van der Waals surface area contributed by atoms with Gasteiger partial charge < -0.3 is 0 Å². The highest BCUT2D eigenvalue weighted by molar-refractivity contribution is 7.81. The van der Waals surface area contributed by atoms with Crippen LogP contribution in [0.25, 0.3) is 0 Å². The van der Waals surface area contributed by atoms with Crippen molar-refractivity contribution in [3.8, 4) is 0 Å². The minimum absolute atomic E-state index is 0.706. The lowest BCUT2D eigenvalue weighted by atomic mass is 9.66. The third kappa shape index (κ3) is 4.18. The molecule has 24 heavy (non-hydrogen) atoms. The molecule has 0 aromatic heterocycles. The van der Waals surface area contributed by atoms with E-state index in [0.717, 1.165) is 35.5 Å². The van der Waals surface area contributed by atoms with Crippen LogP contribution in [0.4, 0.5) is 0 Å². The predicted octanol–water partition coefficient (Wildman–Crippen LogP) is 7.28. The van der Waals surface area contributed by atoms with Gasteiger partial charge in [-0.15, -0.1) is 0 Å². The Morgan fingerprint density at radius 1 is 0.375 bits per heavy atom. The fraction of sp³-hybridized carbons (Fsp3) is 1.00. The van der Waals surface area contributed by atoms with Gasteiger partial charge in [-0.25, -0.2) is 0 Å². The summed E-state index contributed by atoms with van der Waals surface area (Å²) in [5, 5.41) is 0.706. The van der Waals surface area contributed by atoms with Crippen molar-refractivity contribution in [2.24, 2.45) is 35.5 Å². The van der Waals surface area contributed by atoms with Crippen LogP contribution in [-0.4, -0.2) is 5.25 Å². The fourth-order valence-corrected chi connectivity index (χ4v) is 7.52. The summed E-state index contributed by atoms with van der Waals surface area (Å²) >= 11 is 5.04. The molecule has 0 radical (unpaired) electrons. The van der Waals surface area contributed by atoms with Crippen LogP contribution in [0.5, 0.6) is 0 Å². The summed E-state index contributed by atoms with van der Waals surface area (Å²) in [4.78, 5) is 0. The zero-order valence-corrected chi connectivity index (χ0v) is 16.7. The smallest absolute Gasteiger partial charge is 0.00451 e. The molecule has 6 fully saturated rings. The monoisotopic (exact) mass is 348 g/mol. The van der Waals surface area contributed by atoms with E-state index in [9.17, 15) is 0 Å². The molecule has 0 aromatic carbocycles. The van der Waals surface area contributed by atoms with Crippen molar-refractivity contribution < 1.29 is 0 Å². The summed E-state index contributed by atoms with van der Waals surface area (Å²) in [6, 6.07) is 0. The summed E-state index contributed by atoms with van der Waals surface area (Å²) in [5.41, 5.74) is 0. The SMILES string of the molecule is SC1CCC2CCC1CCCCC1CCC(CC1)C1CCC2CC1. The molecule has 0 spiro atoms. The summed E-state index contributed by atoms with van der Waals surface area (Å²) < 4.78 is 0. The molecule has 0 saturated heterocycles. The lowest BCUT2D eigenvalue weighted by Gasteiger charge is -2.40. The quantitative estimate of drug-likeness (QED) is 0.437. The van der Waals surface area contributed by atoms with Gasteiger partial charge in [0, 0.05) is 5.25 Å². The standard InChI is InChI=1S/C23H40S/c24-23-16-15-21-13-14-22(23)4-2-1-3-17-5-7-18(8-6-17)19-9-11-20(21)12-10-19/h17-24H,1-16H2. The van der Waals surface area contributed by atoms with E-state index in [1.54, 1.807) is 51.4 Å². The first-order valence-electron chi connectivity index (χ1n) is 11.5. The second-order valence-corrected chi connectivity index (χ2v) is 10.6. The molecule has 0 nitrogen and oxygen atoms in total. The van der Waals surface area contributed by atoms with E-state index in [1.165, 1.54) is 51.4 Å². The lowest BCUT2D eigenvalue weighted by Crippen LogP contribution is -2.28. The Morgan fingerprint density at radius 3 is 1.38 bits per heavy atom. The molecule has 138 valence electrons. The number of rotatable bonds is 0. The number of hydrogen-bond donors (Lipinski definition) is 1. The summed E-state index contributed by atoms with van der Waals surface area (Å²) in [7, 11) is 0. The fourth-order valence-electron chi connectivity index (χ4n) is 7.07. The highest BCUT2D eigenvalue weighted by Gasteiger charge is 2.35. The van der Waals surface area contributed by atoms with Crippen LogP contribution >= 0.6 is 12.6 Å². The Bertz CT molecular complexity index is 375. The van der Waals surface area contributed by atoms with Crippen LogP contribution in [0.15, 0.2) is 0 Å². The predicted molar refractivity (Wildman–Crippen MR) is 108 cm³/mol. The van der Waals surface area contributed by atoms with Gasteiger partial charge in [0.15, 0.2) is 0 Å². The summed E-state index contributed by atoms with van der Waals surface area (Å²) in [5.74, 6) is 6.34. The van der Waals surface area contributed by atoms with E-state index in [0.29, 0.717) is 5.25 Å². The van der Waals surface area contributed by atoms with Crippen molar-refractivity contribution in [1.82, 2.24) is 0 Å². The van der Waals surface area contributed by atoms with Crippen LogP contribution in [0.3, 0.4) is 0 Å². The van der Waals surface area contributed by atoms with Crippen LogP contribution in [0, 0.1) is 35.5 Å². The molecule has 3 unspecified atom stereocenters. The van der Waals surface area contributed by atoms with Gasteiger partial charge >= 0.3 is 0 Å². The molecule has 0 aromatic rings. The van der Waals surface area contributed by atoms with Gasteiger partial charge in [0.2, 0.25) is 0 Å². The van der Waals surface area contributed by atoms with Gasteiger partial charge in [0.1, 0.15) is 0 Å². The Morgan fingerprint density at radius 2 is 0.792 bits per heavy atom. The third-order valence-electron chi connectivity index (χ3n) is 8.76. The van der Waals surface area contributed by atoms with E-state index < -0.39 is 0 Å². The van der Waals surface area contributed by atoms with Gasteiger partial charge in [0.05, 0.1) is 0 Å². The van der Waals surface area contributed by atoms with Gasteiger partial charge in [-0.1, -0.05) is 32.1 Å². The van der Waals surface area contributed by atoms with Gasteiger partial charge in [-0.3, -0.25) is 0 Å². The molecule has 6 aliphatic rings. The summed E-state index contributed by atoms with van der Waals surface area (Å²) in [6.07, 6.45) is 24.5. The molecular formula is C23H40S. The molecule has 6 bridgehead atoms. The second-order valence-electron chi connectivity index (χ2n) is 9.98. The van der Waals surface area contributed by atoms with E-state index in [1.807, 2.05) is 0 Å². The van der Waals surface area contributed by atoms with Crippen LogP contribution in [-0.2, 0) is 0 Å². The van der Waals surface area contributed by atoms with Crippen molar-refractivity contribution in [2.45, 2.75) is 108 Å². The molecule has 0 heterocycles. The third-order valence-corrected chi connectivity index (χ3v) is 9.44. The first-order chi connectivity index (χ1) is 11.8. The van der Waals surface area contributed by atoms with Gasteiger partial charge in [-0.05, 0) is 106 Å². The van der Waals surface area contributed by atoms with Crippen LogP contribution < -0.4 is 0 Å². The number of thiol groups is 1. The highest BCUT2D eigenvalue weighted by Crippen LogP contribution is 2.47. The van der Waals surface area contributed by atoms with Crippen molar-refractivity contribution in [3.63, 3.8) is 0 Å². The van der Waals surface area contributed by atoms with Crippen LogP contribution in [0.2, 0.25) is 0 Å². The van der Waals surface area contributed by atoms with E-state index in [2.05, 4.69) is 0 Å². The molecule has 6 rings (SSSR count). The Hall–Kier alpha value is 0.350. The molecular weight excluding hydrogens is 308 g/mol. The zero-order valence-electron chi connectivity index (χ0n) is 15.8. The maximum atomic E-state index is 5.04. The largest absolute Gasteiger partial charge is 0.176 e. The molecule has 0 aliphatic heterocycles. The molecule has 6 aliphatic carbocycles. The number of hydrogen-bond acceptors (Lipinski definition) is 1. The van der Waals surface area contributed by atoms with Gasteiger partial charge in [0.25, 0.3) is 0 Å².